The molecular formula is C33H47N5O4. The number of carbonyl (C=O) groups excluding carboxylic acids is 3. The number of methoxy groups -OCH3 is 1. The molecule has 2 aromatic rings. The van der Waals surface area contributed by atoms with Gasteiger partial charge in [-0.2, -0.15) is 0 Å². The van der Waals surface area contributed by atoms with Crippen molar-refractivity contribution in [1.82, 2.24) is 26.2 Å². The molecule has 228 valence electrons. The van der Waals surface area contributed by atoms with Gasteiger partial charge in [0.25, 0.3) is 0 Å². The van der Waals surface area contributed by atoms with Crippen molar-refractivity contribution < 1.29 is 19.1 Å². The van der Waals surface area contributed by atoms with E-state index in [2.05, 4.69) is 28.2 Å². The summed E-state index contributed by atoms with van der Waals surface area (Å²) in [4.78, 5) is 43.0. The second-order valence-electron chi connectivity index (χ2n) is 11.4. The number of rotatable bonds is 14. The van der Waals surface area contributed by atoms with Gasteiger partial charge in [0, 0.05) is 12.6 Å². The molecule has 42 heavy (non-hydrogen) atoms. The van der Waals surface area contributed by atoms with E-state index in [9.17, 15) is 14.4 Å². The third kappa shape index (κ3) is 8.10. The van der Waals surface area contributed by atoms with Gasteiger partial charge in [0.2, 0.25) is 17.7 Å². The Morgan fingerprint density at radius 2 is 1.71 bits per heavy atom. The van der Waals surface area contributed by atoms with Crippen LogP contribution in [0.25, 0.3) is 0 Å². The summed E-state index contributed by atoms with van der Waals surface area (Å²) in [5.41, 5.74) is 2.15. The summed E-state index contributed by atoms with van der Waals surface area (Å²) in [6, 6.07) is 16.0. The molecule has 2 heterocycles. The van der Waals surface area contributed by atoms with Crippen LogP contribution in [0.5, 0.6) is 5.75 Å². The Morgan fingerprint density at radius 3 is 2.40 bits per heavy atom. The number of ether oxygens (including phenoxy) is 1. The molecule has 9 nitrogen and oxygen atoms in total. The highest BCUT2D eigenvalue weighted by molar-refractivity contribution is 5.94. The maximum atomic E-state index is 14.2. The monoisotopic (exact) mass is 577 g/mol. The zero-order valence-electron chi connectivity index (χ0n) is 25.2. The molecule has 4 rings (SSSR count). The van der Waals surface area contributed by atoms with E-state index in [1.54, 1.807) is 19.1 Å². The first-order valence-electron chi connectivity index (χ1n) is 15.4. The molecule has 2 aliphatic rings. The van der Waals surface area contributed by atoms with Crippen molar-refractivity contribution in [3.05, 3.63) is 65.7 Å². The van der Waals surface area contributed by atoms with Crippen LogP contribution in [0.15, 0.2) is 54.6 Å². The summed E-state index contributed by atoms with van der Waals surface area (Å²) < 4.78 is 5.22. The predicted molar refractivity (Wildman–Crippen MR) is 164 cm³/mol. The average Bonchev–Trinajstić information content (AvgIpc) is 3.40. The maximum absolute atomic E-state index is 14.2. The summed E-state index contributed by atoms with van der Waals surface area (Å²) in [6.07, 6.45) is 5.11. The Morgan fingerprint density at radius 1 is 0.976 bits per heavy atom. The highest BCUT2D eigenvalue weighted by Crippen LogP contribution is 2.35. The van der Waals surface area contributed by atoms with Crippen molar-refractivity contribution in [2.24, 2.45) is 5.92 Å². The molecule has 3 amide bonds. The van der Waals surface area contributed by atoms with Gasteiger partial charge in [-0.1, -0.05) is 49.4 Å². The molecule has 0 bridgehead atoms. The van der Waals surface area contributed by atoms with Crippen LogP contribution in [0.2, 0.25) is 0 Å². The van der Waals surface area contributed by atoms with Crippen LogP contribution in [-0.4, -0.2) is 80.6 Å². The van der Waals surface area contributed by atoms with Gasteiger partial charge in [-0.3, -0.25) is 14.4 Å². The summed E-state index contributed by atoms with van der Waals surface area (Å²) in [5, 5.41) is 12.7. The van der Waals surface area contributed by atoms with E-state index < -0.39 is 18.1 Å². The Kier molecular flexibility index (Phi) is 11.8. The van der Waals surface area contributed by atoms with Crippen molar-refractivity contribution in [3.63, 3.8) is 0 Å². The lowest BCUT2D eigenvalue weighted by molar-refractivity contribution is -0.143. The molecular weight excluding hydrogens is 530 g/mol. The minimum atomic E-state index is -0.666. The van der Waals surface area contributed by atoms with E-state index >= 15 is 0 Å². The Balaban J connectivity index is 1.45. The highest BCUT2D eigenvalue weighted by atomic mass is 16.5. The first kappa shape index (κ1) is 31.5. The lowest BCUT2D eigenvalue weighted by atomic mass is 9.90. The maximum Gasteiger partial charge on any atom is 0.246 e. The molecule has 3 unspecified atom stereocenters. The summed E-state index contributed by atoms with van der Waals surface area (Å²) in [7, 11) is 3.41. The number of nitrogens with zero attached hydrogens (tertiary/aromatic N) is 1. The number of amides is 3. The smallest absolute Gasteiger partial charge is 0.246 e. The molecule has 0 aliphatic carbocycles. The van der Waals surface area contributed by atoms with Crippen molar-refractivity contribution in [2.45, 2.75) is 76.0 Å². The van der Waals surface area contributed by atoms with Crippen LogP contribution >= 0.6 is 0 Å². The summed E-state index contributed by atoms with van der Waals surface area (Å²) in [5.74, 6) is 0.360. The Hall–Kier alpha value is -3.43. The van der Waals surface area contributed by atoms with Crippen molar-refractivity contribution in [2.75, 3.05) is 33.8 Å². The van der Waals surface area contributed by atoms with Crippen LogP contribution in [-0.2, 0) is 27.2 Å². The highest BCUT2D eigenvalue weighted by Gasteiger charge is 2.47. The van der Waals surface area contributed by atoms with E-state index in [-0.39, 0.29) is 29.7 Å². The third-order valence-corrected chi connectivity index (χ3v) is 8.73. The molecule has 2 fully saturated rings. The van der Waals surface area contributed by atoms with Gasteiger partial charge in [-0.05, 0) is 94.3 Å². The molecule has 0 saturated carbocycles. The molecule has 2 aliphatic heterocycles. The standard InChI is InChI=1S/C33H47N5O4/c1-4-35-20-19-25-12-13-26-14-17-29(32(40)36-21-18-23-10-15-27(42-3)16-11-23)38(26)33(41)30(25)37-31(39)28(34-2)22-24-8-6-5-7-9-24/h5-11,15-16,25-26,28-30,34-35H,4,12-14,17-22H2,1-3H3,(H,36,40)(H,37,39)/t25-,26?,28?,29+,30?/m1/s1. The fraction of sp³-hybridized carbons (Fsp3) is 0.545. The second-order valence-corrected chi connectivity index (χ2v) is 11.4. The van der Waals surface area contributed by atoms with E-state index in [4.69, 9.17) is 4.74 Å². The zero-order valence-corrected chi connectivity index (χ0v) is 25.2. The molecule has 0 radical (unpaired) electrons. The minimum Gasteiger partial charge on any atom is -0.497 e. The number of benzene rings is 2. The van der Waals surface area contributed by atoms with Crippen LogP contribution in [0, 0.1) is 5.92 Å². The van der Waals surface area contributed by atoms with Gasteiger partial charge in [-0.15, -0.1) is 0 Å². The fourth-order valence-corrected chi connectivity index (χ4v) is 6.32. The predicted octanol–water partition coefficient (Wildman–Crippen LogP) is 2.44. The van der Waals surface area contributed by atoms with Crippen LogP contribution in [0.1, 0.15) is 50.2 Å². The molecule has 0 aromatic heterocycles. The van der Waals surface area contributed by atoms with Gasteiger partial charge in [-0.25, -0.2) is 0 Å². The van der Waals surface area contributed by atoms with Gasteiger partial charge in [0.15, 0.2) is 0 Å². The number of hydrogen-bond donors (Lipinski definition) is 4. The summed E-state index contributed by atoms with van der Waals surface area (Å²) in [6.45, 7) is 4.18. The molecule has 2 saturated heterocycles. The quantitative estimate of drug-likeness (QED) is 0.257. The number of hydrogen-bond acceptors (Lipinski definition) is 6. The second kappa shape index (κ2) is 15.7. The van der Waals surface area contributed by atoms with Gasteiger partial charge < -0.3 is 30.9 Å². The van der Waals surface area contributed by atoms with Crippen molar-refractivity contribution in [1.29, 1.82) is 0 Å². The topological polar surface area (TPSA) is 112 Å². The molecule has 4 N–H and O–H groups in total. The molecule has 5 atom stereocenters. The SMILES string of the molecule is CCNCC[C@H]1CCC2CC[C@@H](C(=O)NCCc3ccc(OC)cc3)N2C(=O)C1NC(=O)C(Cc1ccccc1)NC. The van der Waals surface area contributed by atoms with Gasteiger partial charge >= 0.3 is 0 Å². The van der Waals surface area contributed by atoms with E-state index in [0.29, 0.717) is 25.8 Å². The molecule has 9 heteroatoms. The normalized spacial score (nSPS) is 22.6. The van der Waals surface area contributed by atoms with Crippen LogP contribution in [0.4, 0.5) is 0 Å². The zero-order chi connectivity index (χ0) is 29.9. The molecule has 2 aromatic carbocycles. The summed E-state index contributed by atoms with van der Waals surface area (Å²) >= 11 is 0. The Labute approximate surface area is 250 Å². The minimum absolute atomic E-state index is 0.000820. The van der Waals surface area contributed by atoms with Gasteiger partial charge in [0.1, 0.15) is 17.8 Å². The fourth-order valence-electron chi connectivity index (χ4n) is 6.32. The number of carbonyl (C=O) groups is 3. The van der Waals surface area contributed by atoms with Crippen molar-refractivity contribution in [3.8, 4) is 5.75 Å². The largest absolute Gasteiger partial charge is 0.497 e. The average molecular weight is 578 g/mol. The van der Waals surface area contributed by atoms with Crippen molar-refractivity contribution >= 4 is 17.7 Å². The molecule has 0 spiro atoms. The first-order chi connectivity index (χ1) is 20.4. The van der Waals surface area contributed by atoms with E-state index in [1.807, 2.05) is 54.6 Å². The van der Waals surface area contributed by atoms with E-state index in [0.717, 1.165) is 55.6 Å². The van der Waals surface area contributed by atoms with Crippen LogP contribution < -0.4 is 26.0 Å². The number of likely N-dealkylation sites (N-methyl/N-ethyl adjacent to an activating group) is 1. The Bertz CT molecular complexity index is 1160. The number of fused-ring (bicyclic) bond motifs is 1. The first-order valence-corrected chi connectivity index (χ1v) is 15.4. The third-order valence-electron chi connectivity index (χ3n) is 8.73. The lowest BCUT2D eigenvalue weighted by Gasteiger charge is -2.33. The van der Waals surface area contributed by atoms with Crippen LogP contribution in [0.3, 0.4) is 0 Å². The number of nitrogens with one attached hydrogen (secondary N) is 4. The lowest BCUT2D eigenvalue weighted by Crippen LogP contribution is -2.58. The van der Waals surface area contributed by atoms with Gasteiger partial charge in [0.05, 0.1) is 13.2 Å². The van der Waals surface area contributed by atoms with E-state index in [1.165, 1.54) is 0 Å².